The number of halogens is 1. The maximum atomic E-state index is 6.10. The Labute approximate surface area is 137 Å². The Balaban J connectivity index is 1.92. The van der Waals surface area contributed by atoms with Crippen molar-refractivity contribution in [2.24, 2.45) is 0 Å². The van der Waals surface area contributed by atoms with Crippen LogP contribution in [0.3, 0.4) is 0 Å². The maximum absolute atomic E-state index is 6.10. The van der Waals surface area contributed by atoms with Crippen LogP contribution in [0.25, 0.3) is 33.4 Å². The Hall–Kier alpha value is -2.85. The van der Waals surface area contributed by atoms with Gasteiger partial charge in [0.25, 0.3) is 0 Å². The summed E-state index contributed by atoms with van der Waals surface area (Å²) in [4.78, 5) is 4.43. The molecule has 3 N–H and O–H groups in total. The van der Waals surface area contributed by atoms with Gasteiger partial charge in [-0.2, -0.15) is 5.10 Å². The van der Waals surface area contributed by atoms with E-state index < -0.39 is 0 Å². The first kappa shape index (κ1) is 13.8. The largest absolute Gasteiger partial charge is 0.398 e. The zero-order valence-corrected chi connectivity index (χ0v) is 12.9. The van der Waals surface area contributed by atoms with Crippen LogP contribution in [0.15, 0.2) is 60.8 Å². The Morgan fingerprint density at radius 2 is 1.78 bits per heavy atom. The summed E-state index contributed by atoms with van der Waals surface area (Å²) in [6.45, 7) is 0. The molecule has 4 nitrogen and oxygen atoms in total. The van der Waals surface area contributed by atoms with Crippen molar-refractivity contribution in [2.45, 2.75) is 0 Å². The van der Waals surface area contributed by atoms with E-state index >= 15 is 0 Å². The smallest absolute Gasteiger partial charge is 0.181 e. The maximum Gasteiger partial charge on any atom is 0.181 e. The second-order valence-corrected chi connectivity index (χ2v) is 5.73. The Kier molecular flexibility index (Phi) is 3.24. The highest BCUT2D eigenvalue weighted by Crippen LogP contribution is 2.32. The molecule has 0 fully saturated rings. The van der Waals surface area contributed by atoms with Gasteiger partial charge in [0.05, 0.1) is 5.69 Å². The molecule has 23 heavy (non-hydrogen) atoms. The first-order valence-corrected chi connectivity index (χ1v) is 7.55. The van der Waals surface area contributed by atoms with Crippen molar-refractivity contribution in [1.82, 2.24) is 15.2 Å². The second-order valence-electron chi connectivity index (χ2n) is 5.29. The monoisotopic (exact) mass is 320 g/mol. The molecule has 0 amide bonds. The number of aromatic nitrogens is 3. The van der Waals surface area contributed by atoms with Crippen molar-refractivity contribution in [3.05, 3.63) is 65.8 Å². The topological polar surface area (TPSA) is 67.6 Å². The lowest BCUT2D eigenvalue weighted by molar-refractivity contribution is 1.10. The molecule has 2 aromatic heterocycles. The van der Waals surface area contributed by atoms with E-state index in [0.717, 1.165) is 27.8 Å². The molecule has 0 saturated heterocycles. The summed E-state index contributed by atoms with van der Waals surface area (Å²) >= 11 is 6.10. The minimum atomic E-state index is 0.643. The van der Waals surface area contributed by atoms with E-state index in [1.54, 1.807) is 18.3 Å². The standard InChI is InChI=1S/C18H13ClN4/c19-13-6-7-16(20)14(9-13)12-8-15-17(11-4-2-1-3-5-11)22-23-18(15)21-10-12/h1-10H,20H2,(H,21,22,23). The van der Waals surface area contributed by atoms with E-state index in [0.29, 0.717) is 16.4 Å². The zero-order valence-electron chi connectivity index (χ0n) is 12.1. The molecular formula is C18H13ClN4. The molecule has 4 aromatic rings. The number of nitrogens with two attached hydrogens (primary N) is 1. The van der Waals surface area contributed by atoms with Crippen molar-refractivity contribution in [3.8, 4) is 22.4 Å². The van der Waals surface area contributed by atoms with Crippen LogP contribution < -0.4 is 5.73 Å². The molecule has 0 saturated carbocycles. The van der Waals surface area contributed by atoms with E-state index in [1.807, 2.05) is 42.5 Å². The first-order valence-electron chi connectivity index (χ1n) is 7.17. The SMILES string of the molecule is Nc1ccc(Cl)cc1-c1cnc2n[nH]c(-c3ccccc3)c2c1. The van der Waals surface area contributed by atoms with E-state index in [2.05, 4.69) is 15.2 Å². The van der Waals surface area contributed by atoms with Crippen LogP contribution in [0.4, 0.5) is 5.69 Å². The number of pyridine rings is 1. The summed E-state index contributed by atoms with van der Waals surface area (Å²) in [6.07, 6.45) is 1.76. The fourth-order valence-electron chi connectivity index (χ4n) is 2.65. The normalized spacial score (nSPS) is 11.0. The number of nitrogens with one attached hydrogen (secondary N) is 1. The summed E-state index contributed by atoms with van der Waals surface area (Å²) in [5.74, 6) is 0. The highest BCUT2D eigenvalue weighted by molar-refractivity contribution is 6.31. The van der Waals surface area contributed by atoms with Crippen molar-refractivity contribution in [2.75, 3.05) is 5.73 Å². The van der Waals surface area contributed by atoms with Gasteiger partial charge in [0.15, 0.2) is 5.65 Å². The van der Waals surface area contributed by atoms with Crippen LogP contribution in [0, 0.1) is 0 Å². The van der Waals surface area contributed by atoms with Crippen LogP contribution in [0.2, 0.25) is 5.02 Å². The molecule has 0 aliphatic carbocycles. The van der Waals surface area contributed by atoms with Crippen molar-refractivity contribution in [3.63, 3.8) is 0 Å². The molecule has 0 atom stereocenters. The molecule has 0 spiro atoms. The van der Waals surface area contributed by atoms with Crippen LogP contribution >= 0.6 is 11.6 Å². The average molecular weight is 321 g/mol. The molecule has 0 aliphatic rings. The van der Waals surface area contributed by atoms with E-state index in [4.69, 9.17) is 17.3 Å². The molecule has 4 rings (SSSR count). The van der Waals surface area contributed by atoms with E-state index in [-0.39, 0.29) is 0 Å². The number of H-pyrrole nitrogens is 1. The number of nitrogen functional groups attached to an aromatic ring is 1. The van der Waals surface area contributed by atoms with Gasteiger partial charge in [0.2, 0.25) is 0 Å². The van der Waals surface area contributed by atoms with Gasteiger partial charge in [-0.3, -0.25) is 5.10 Å². The predicted molar refractivity (Wildman–Crippen MR) is 94.2 cm³/mol. The molecule has 2 aromatic carbocycles. The number of benzene rings is 2. The lowest BCUT2D eigenvalue weighted by Gasteiger charge is -2.06. The molecule has 0 unspecified atom stereocenters. The summed E-state index contributed by atoms with van der Waals surface area (Å²) in [5.41, 5.74) is 11.2. The third-order valence-electron chi connectivity index (χ3n) is 3.80. The Morgan fingerprint density at radius 1 is 0.957 bits per heavy atom. The van der Waals surface area contributed by atoms with Crippen LogP contribution in [-0.4, -0.2) is 15.2 Å². The highest BCUT2D eigenvalue weighted by Gasteiger charge is 2.11. The molecule has 0 aliphatic heterocycles. The van der Waals surface area contributed by atoms with Gasteiger partial charge >= 0.3 is 0 Å². The number of rotatable bonds is 2. The van der Waals surface area contributed by atoms with Crippen LogP contribution in [-0.2, 0) is 0 Å². The van der Waals surface area contributed by atoms with Gasteiger partial charge in [-0.1, -0.05) is 41.9 Å². The predicted octanol–water partition coefficient (Wildman–Crippen LogP) is 4.53. The third-order valence-corrected chi connectivity index (χ3v) is 4.03. The van der Waals surface area contributed by atoms with Gasteiger partial charge in [-0.15, -0.1) is 0 Å². The fraction of sp³-hybridized carbons (Fsp3) is 0. The molecule has 0 radical (unpaired) electrons. The van der Waals surface area contributed by atoms with Crippen molar-refractivity contribution >= 4 is 28.3 Å². The van der Waals surface area contributed by atoms with Crippen molar-refractivity contribution in [1.29, 1.82) is 0 Å². The van der Waals surface area contributed by atoms with Gasteiger partial charge in [-0.05, 0) is 24.3 Å². The Bertz CT molecular complexity index is 993. The molecule has 2 heterocycles. The van der Waals surface area contributed by atoms with Crippen molar-refractivity contribution < 1.29 is 0 Å². The van der Waals surface area contributed by atoms with Gasteiger partial charge in [0, 0.05) is 39.0 Å². The van der Waals surface area contributed by atoms with Gasteiger partial charge in [0.1, 0.15) is 0 Å². The lowest BCUT2D eigenvalue weighted by atomic mass is 10.0. The molecule has 0 bridgehead atoms. The average Bonchev–Trinajstić information content (AvgIpc) is 3.01. The fourth-order valence-corrected chi connectivity index (χ4v) is 2.82. The minimum Gasteiger partial charge on any atom is -0.398 e. The van der Waals surface area contributed by atoms with Crippen LogP contribution in [0.5, 0.6) is 0 Å². The molecular weight excluding hydrogens is 308 g/mol. The van der Waals surface area contributed by atoms with Gasteiger partial charge < -0.3 is 5.73 Å². The lowest BCUT2D eigenvalue weighted by Crippen LogP contribution is -1.90. The third kappa shape index (κ3) is 2.43. The Morgan fingerprint density at radius 3 is 2.61 bits per heavy atom. The summed E-state index contributed by atoms with van der Waals surface area (Å²) in [5, 5.41) is 8.94. The van der Waals surface area contributed by atoms with Crippen LogP contribution in [0.1, 0.15) is 0 Å². The number of hydrogen-bond acceptors (Lipinski definition) is 3. The molecule has 5 heteroatoms. The zero-order chi connectivity index (χ0) is 15.8. The first-order chi connectivity index (χ1) is 11.2. The number of hydrogen-bond donors (Lipinski definition) is 2. The summed E-state index contributed by atoms with van der Waals surface area (Å²) < 4.78 is 0. The number of nitrogens with zero attached hydrogens (tertiary/aromatic N) is 2. The summed E-state index contributed by atoms with van der Waals surface area (Å²) in [6, 6.07) is 17.5. The van der Waals surface area contributed by atoms with Gasteiger partial charge in [-0.25, -0.2) is 4.98 Å². The second kappa shape index (κ2) is 5.41. The van der Waals surface area contributed by atoms with E-state index in [1.165, 1.54) is 0 Å². The number of aromatic amines is 1. The van der Waals surface area contributed by atoms with E-state index in [9.17, 15) is 0 Å². The summed E-state index contributed by atoms with van der Waals surface area (Å²) in [7, 11) is 0. The highest BCUT2D eigenvalue weighted by atomic mass is 35.5. The minimum absolute atomic E-state index is 0.643. The quantitative estimate of drug-likeness (QED) is 0.533. The number of anilines is 1. The molecule has 112 valence electrons. The number of fused-ring (bicyclic) bond motifs is 1.